The molecule has 0 bridgehead atoms. The second-order valence-electron chi connectivity index (χ2n) is 10.4. The number of aliphatic hydroxyl groups is 4. The fourth-order valence-electron chi connectivity index (χ4n) is 4.66. The molecule has 224 valence electrons. The topological polar surface area (TPSA) is 138 Å². The summed E-state index contributed by atoms with van der Waals surface area (Å²) < 4.78 is 16.8. The lowest BCUT2D eigenvalue weighted by Crippen LogP contribution is -2.60. The van der Waals surface area contributed by atoms with Gasteiger partial charge in [0.05, 0.1) is 25.4 Å². The third-order valence-electron chi connectivity index (χ3n) is 7.08. The van der Waals surface area contributed by atoms with Crippen LogP contribution < -0.4 is 5.32 Å². The number of carbonyl (C=O) groups is 1. The zero-order chi connectivity index (χ0) is 28.2. The Hall–Kier alpha value is -1.07. The first-order valence-electron chi connectivity index (χ1n) is 14.8. The third kappa shape index (κ3) is 13.8. The highest BCUT2D eigenvalue weighted by Gasteiger charge is 2.44. The van der Waals surface area contributed by atoms with Gasteiger partial charge in [-0.25, -0.2) is 0 Å². The number of aliphatic hydroxyl groups excluding tert-OH is 4. The fourth-order valence-corrected chi connectivity index (χ4v) is 4.66. The molecule has 9 nitrogen and oxygen atoms in total. The summed E-state index contributed by atoms with van der Waals surface area (Å²) in [5.41, 5.74) is 0. The third-order valence-corrected chi connectivity index (χ3v) is 7.08. The number of allylic oxidation sites excluding steroid dienone is 1. The molecule has 1 heterocycles. The molecule has 0 aromatic heterocycles. The highest BCUT2D eigenvalue weighted by molar-refractivity contribution is 5.76. The van der Waals surface area contributed by atoms with Gasteiger partial charge in [-0.15, -0.1) is 0 Å². The lowest BCUT2D eigenvalue weighted by molar-refractivity contribution is -0.302. The number of rotatable bonds is 22. The lowest BCUT2D eigenvalue weighted by Gasteiger charge is -2.40. The molecule has 0 spiro atoms. The molecular formula is C29H55NO8. The maximum atomic E-state index is 12.3. The molecule has 7 atom stereocenters. The highest BCUT2D eigenvalue weighted by atomic mass is 16.7. The summed E-state index contributed by atoms with van der Waals surface area (Å²) in [5, 5.41) is 42.6. The molecule has 0 saturated carbocycles. The van der Waals surface area contributed by atoms with E-state index in [2.05, 4.69) is 18.3 Å². The smallest absolute Gasteiger partial charge is 0.220 e. The number of methoxy groups -OCH3 is 1. The van der Waals surface area contributed by atoms with Crippen LogP contribution in [0.25, 0.3) is 0 Å². The Balaban J connectivity index is 2.49. The van der Waals surface area contributed by atoms with E-state index in [1.165, 1.54) is 64.2 Å². The maximum absolute atomic E-state index is 12.3. The van der Waals surface area contributed by atoms with Gasteiger partial charge in [0.25, 0.3) is 0 Å². The number of amides is 1. The SMILES string of the molecule is CCCCCCCCCCCCC/C=C/[C@H](OC)[C@H](CO[C@@H]1OC(CO)[C@@H](O)C(O)[C@@H]1O)NC(=O)CCC. The summed E-state index contributed by atoms with van der Waals surface area (Å²) in [5.74, 6) is -0.143. The van der Waals surface area contributed by atoms with Crippen LogP contribution in [-0.4, -0.2) is 89.5 Å². The average molecular weight is 546 g/mol. The maximum Gasteiger partial charge on any atom is 0.220 e. The molecule has 38 heavy (non-hydrogen) atoms. The Morgan fingerprint density at radius 1 is 0.895 bits per heavy atom. The molecule has 1 fully saturated rings. The molecular weight excluding hydrogens is 490 g/mol. The Bertz CT molecular complexity index is 617. The second-order valence-corrected chi connectivity index (χ2v) is 10.4. The predicted molar refractivity (Wildman–Crippen MR) is 148 cm³/mol. The first-order chi connectivity index (χ1) is 18.4. The minimum atomic E-state index is -1.53. The first-order valence-corrected chi connectivity index (χ1v) is 14.8. The van der Waals surface area contributed by atoms with E-state index in [0.717, 1.165) is 12.8 Å². The van der Waals surface area contributed by atoms with E-state index >= 15 is 0 Å². The molecule has 1 saturated heterocycles. The zero-order valence-corrected chi connectivity index (χ0v) is 23.9. The van der Waals surface area contributed by atoms with Crippen LogP contribution in [0, 0.1) is 0 Å². The average Bonchev–Trinajstić information content (AvgIpc) is 2.91. The quantitative estimate of drug-likeness (QED) is 0.103. The van der Waals surface area contributed by atoms with Crippen LogP contribution in [0.1, 0.15) is 104 Å². The van der Waals surface area contributed by atoms with Crippen molar-refractivity contribution in [2.24, 2.45) is 0 Å². The van der Waals surface area contributed by atoms with Gasteiger partial charge in [0.15, 0.2) is 6.29 Å². The Kier molecular flexibility index (Phi) is 20.0. The van der Waals surface area contributed by atoms with Crippen LogP contribution in [0.2, 0.25) is 0 Å². The number of nitrogens with one attached hydrogen (secondary N) is 1. The second kappa shape index (κ2) is 21.7. The normalized spacial score (nSPS) is 25.5. The van der Waals surface area contributed by atoms with Crippen molar-refractivity contribution in [3.8, 4) is 0 Å². The van der Waals surface area contributed by atoms with Crippen molar-refractivity contribution >= 4 is 5.91 Å². The highest BCUT2D eigenvalue weighted by Crippen LogP contribution is 2.22. The molecule has 1 aliphatic rings. The summed E-state index contributed by atoms with van der Waals surface area (Å²) >= 11 is 0. The summed E-state index contributed by atoms with van der Waals surface area (Å²) in [6.45, 7) is 3.57. The molecule has 5 N–H and O–H groups in total. The van der Waals surface area contributed by atoms with E-state index in [-0.39, 0.29) is 12.5 Å². The van der Waals surface area contributed by atoms with Crippen LogP contribution in [0.15, 0.2) is 12.2 Å². The van der Waals surface area contributed by atoms with Crippen LogP contribution in [0.4, 0.5) is 0 Å². The molecule has 2 unspecified atom stereocenters. The van der Waals surface area contributed by atoms with Crippen LogP contribution >= 0.6 is 0 Å². The summed E-state index contributed by atoms with van der Waals surface area (Å²) in [7, 11) is 1.56. The van der Waals surface area contributed by atoms with E-state index in [4.69, 9.17) is 14.2 Å². The number of carbonyl (C=O) groups excluding carboxylic acids is 1. The number of hydrogen-bond acceptors (Lipinski definition) is 8. The number of unbranched alkanes of at least 4 members (excludes halogenated alkanes) is 11. The minimum absolute atomic E-state index is 0.0561. The fraction of sp³-hybridized carbons (Fsp3) is 0.897. The van der Waals surface area contributed by atoms with Crippen molar-refractivity contribution in [3.63, 3.8) is 0 Å². The molecule has 1 rings (SSSR count). The number of ether oxygens (including phenoxy) is 3. The largest absolute Gasteiger partial charge is 0.394 e. The van der Waals surface area contributed by atoms with Crippen LogP contribution in [0.5, 0.6) is 0 Å². The van der Waals surface area contributed by atoms with E-state index in [9.17, 15) is 25.2 Å². The van der Waals surface area contributed by atoms with Gasteiger partial charge in [0.2, 0.25) is 5.91 Å². The summed E-state index contributed by atoms with van der Waals surface area (Å²) in [6.07, 6.45) is 12.9. The molecule has 1 amide bonds. The van der Waals surface area contributed by atoms with Crippen molar-refractivity contribution < 1.29 is 39.4 Å². The number of hydrogen-bond donors (Lipinski definition) is 5. The standard InChI is InChI=1S/C29H55NO8/c1-4-6-7-8-9-10-11-12-13-14-15-16-17-19-23(36-3)22(30-25(32)18-5-2)21-37-29-28(35)27(34)26(33)24(20-31)38-29/h17,19,22-24,26-29,31,33-35H,4-16,18,20-21H2,1-3H3,(H,30,32)/b19-17+/t22-,23-,24?,26+,27?,28-,29+/m0/s1. The van der Waals surface area contributed by atoms with Crippen LogP contribution in [0.3, 0.4) is 0 Å². The molecule has 0 aliphatic carbocycles. The van der Waals surface area contributed by atoms with Crippen molar-refractivity contribution in [3.05, 3.63) is 12.2 Å². The minimum Gasteiger partial charge on any atom is -0.394 e. The van der Waals surface area contributed by atoms with E-state index in [0.29, 0.717) is 12.8 Å². The van der Waals surface area contributed by atoms with Gasteiger partial charge < -0.3 is 40.0 Å². The van der Waals surface area contributed by atoms with E-state index in [1.54, 1.807) is 7.11 Å². The van der Waals surface area contributed by atoms with Gasteiger partial charge in [0.1, 0.15) is 24.4 Å². The molecule has 9 heteroatoms. The van der Waals surface area contributed by atoms with Crippen molar-refractivity contribution in [2.75, 3.05) is 20.3 Å². The molecule has 1 aliphatic heterocycles. The predicted octanol–water partition coefficient (Wildman–Crippen LogP) is 3.36. The monoisotopic (exact) mass is 545 g/mol. The van der Waals surface area contributed by atoms with Crippen molar-refractivity contribution in [2.45, 2.75) is 147 Å². The summed E-state index contributed by atoms with van der Waals surface area (Å²) in [6, 6.07) is -0.556. The molecule has 0 aromatic carbocycles. The Labute approximate surface area is 229 Å². The van der Waals surface area contributed by atoms with Crippen LogP contribution in [-0.2, 0) is 19.0 Å². The first kappa shape index (κ1) is 35.0. The summed E-state index contributed by atoms with van der Waals surface area (Å²) in [4.78, 5) is 12.3. The van der Waals surface area contributed by atoms with Gasteiger partial charge in [-0.2, -0.15) is 0 Å². The Morgan fingerprint density at radius 2 is 1.50 bits per heavy atom. The van der Waals surface area contributed by atoms with E-state index < -0.39 is 49.5 Å². The lowest BCUT2D eigenvalue weighted by atomic mass is 9.99. The van der Waals surface area contributed by atoms with Gasteiger partial charge in [-0.1, -0.05) is 90.2 Å². The van der Waals surface area contributed by atoms with E-state index in [1.807, 2.05) is 13.0 Å². The van der Waals surface area contributed by atoms with Gasteiger partial charge in [0, 0.05) is 13.5 Å². The van der Waals surface area contributed by atoms with Crippen molar-refractivity contribution in [1.82, 2.24) is 5.32 Å². The molecule has 0 radical (unpaired) electrons. The van der Waals surface area contributed by atoms with Gasteiger partial charge in [-0.05, 0) is 19.3 Å². The zero-order valence-electron chi connectivity index (χ0n) is 23.9. The van der Waals surface area contributed by atoms with Crippen molar-refractivity contribution in [1.29, 1.82) is 0 Å². The molecule has 0 aromatic rings. The van der Waals surface area contributed by atoms with Gasteiger partial charge in [-0.3, -0.25) is 4.79 Å². The Morgan fingerprint density at radius 3 is 2.05 bits per heavy atom. The van der Waals surface area contributed by atoms with Gasteiger partial charge >= 0.3 is 0 Å².